The minimum atomic E-state index is -0.175. The number of nitriles is 1. The van der Waals surface area contributed by atoms with Crippen molar-refractivity contribution in [3.8, 4) is 6.07 Å². The van der Waals surface area contributed by atoms with E-state index in [0.717, 1.165) is 31.5 Å². The van der Waals surface area contributed by atoms with Crippen molar-refractivity contribution in [3.05, 3.63) is 29.5 Å². The minimum absolute atomic E-state index is 0.175. The molecule has 0 spiro atoms. The average molecular weight is 328 g/mol. The summed E-state index contributed by atoms with van der Waals surface area (Å²) in [5.74, 6) is 0.711. The Labute approximate surface area is 140 Å². The highest BCUT2D eigenvalue weighted by Crippen LogP contribution is 2.25. The van der Waals surface area contributed by atoms with Crippen molar-refractivity contribution in [1.29, 1.82) is 5.26 Å². The third kappa shape index (κ3) is 3.31. The molecule has 1 N–H and O–H groups in total. The fourth-order valence-electron chi connectivity index (χ4n) is 3.05. The van der Waals surface area contributed by atoms with E-state index in [0.29, 0.717) is 11.3 Å². The minimum Gasteiger partial charge on any atom is -0.444 e. The van der Waals surface area contributed by atoms with Crippen LogP contribution >= 0.6 is 0 Å². The summed E-state index contributed by atoms with van der Waals surface area (Å²) in [6, 6.07) is 2.34. The predicted octanol–water partition coefficient (Wildman–Crippen LogP) is 1.46. The van der Waals surface area contributed by atoms with Crippen molar-refractivity contribution < 1.29 is 9.21 Å². The Balaban J connectivity index is 1.62. The molecule has 1 fully saturated rings. The molecule has 1 amide bonds. The highest BCUT2D eigenvalue weighted by atomic mass is 16.4. The smallest absolute Gasteiger partial charge is 0.240 e. The van der Waals surface area contributed by atoms with E-state index in [9.17, 15) is 10.1 Å². The van der Waals surface area contributed by atoms with E-state index in [-0.39, 0.29) is 24.4 Å². The summed E-state index contributed by atoms with van der Waals surface area (Å²) in [6.45, 7) is 5.44. The van der Waals surface area contributed by atoms with Crippen LogP contribution < -0.4 is 5.32 Å². The van der Waals surface area contributed by atoms with Gasteiger partial charge in [0, 0.05) is 11.6 Å². The molecule has 1 aliphatic rings. The maximum atomic E-state index is 12.3. The first kappa shape index (κ1) is 16.2. The van der Waals surface area contributed by atoms with Gasteiger partial charge in [-0.3, -0.25) is 19.7 Å². The van der Waals surface area contributed by atoms with Crippen LogP contribution in [0.1, 0.15) is 29.7 Å². The number of carbonyl (C=O) groups is 1. The molecular formula is C16H20N6O2. The second-order valence-electron chi connectivity index (χ2n) is 6.03. The third-order valence-electron chi connectivity index (χ3n) is 4.46. The Morgan fingerprint density at radius 3 is 3.08 bits per heavy atom. The number of aromatic nitrogens is 3. The molecule has 8 heteroatoms. The van der Waals surface area contributed by atoms with E-state index in [1.54, 1.807) is 17.9 Å². The normalized spacial score (nSPS) is 17.8. The van der Waals surface area contributed by atoms with Crippen LogP contribution in [0.25, 0.3) is 0 Å². The second-order valence-corrected chi connectivity index (χ2v) is 6.03. The Morgan fingerprint density at radius 1 is 1.54 bits per heavy atom. The van der Waals surface area contributed by atoms with Gasteiger partial charge in [0.15, 0.2) is 0 Å². The highest BCUT2D eigenvalue weighted by Gasteiger charge is 2.27. The molecule has 0 aliphatic carbocycles. The number of aryl methyl sites for hydroxylation is 1. The molecule has 8 nitrogen and oxygen atoms in total. The largest absolute Gasteiger partial charge is 0.444 e. The standard InChI is InChI=1S/C16H20N6O2/c1-11-12(2)24-16(14(11)6-17)20-15(23)8-21-5-3-4-13(21)7-22-10-18-9-19-22/h9-10,13H,3-5,7-8H2,1-2H3,(H,20,23)/t13-/m0/s1. The van der Waals surface area contributed by atoms with Crippen molar-refractivity contribution >= 4 is 11.8 Å². The van der Waals surface area contributed by atoms with Crippen LogP contribution in [0.5, 0.6) is 0 Å². The first-order valence-electron chi connectivity index (χ1n) is 7.95. The van der Waals surface area contributed by atoms with Gasteiger partial charge >= 0.3 is 0 Å². The number of hydrogen-bond donors (Lipinski definition) is 1. The lowest BCUT2D eigenvalue weighted by Gasteiger charge is -2.23. The van der Waals surface area contributed by atoms with Crippen LogP contribution in [0.3, 0.4) is 0 Å². The van der Waals surface area contributed by atoms with Gasteiger partial charge in [0.25, 0.3) is 0 Å². The number of nitrogens with zero attached hydrogens (tertiary/aromatic N) is 5. The van der Waals surface area contributed by atoms with E-state index in [1.807, 2.05) is 6.92 Å². The van der Waals surface area contributed by atoms with Crippen LogP contribution in [0.4, 0.5) is 5.88 Å². The fraction of sp³-hybridized carbons (Fsp3) is 0.500. The van der Waals surface area contributed by atoms with E-state index in [4.69, 9.17) is 4.42 Å². The number of anilines is 1. The van der Waals surface area contributed by atoms with Gasteiger partial charge in [-0.15, -0.1) is 0 Å². The Kier molecular flexibility index (Phi) is 4.62. The average Bonchev–Trinajstić information content (AvgIpc) is 3.25. The molecule has 2 aromatic rings. The molecule has 0 saturated carbocycles. The van der Waals surface area contributed by atoms with Crippen molar-refractivity contribution in [1.82, 2.24) is 19.7 Å². The number of carbonyl (C=O) groups excluding carboxylic acids is 1. The summed E-state index contributed by atoms with van der Waals surface area (Å²) >= 11 is 0. The molecule has 0 unspecified atom stereocenters. The lowest BCUT2D eigenvalue weighted by molar-refractivity contribution is -0.117. The number of furan rings is 1. The molecule has 24 heavy (non-hydrogen) atoms. The van der Waals surface area contributed by atoms with E-state index < -0.39 is 0 Å². The summed E-state index contributed by atoms with van der Waals surface area (Å²) in [7, 11) is 0. The van der Waals surface area contributed by atoms with Crippen LogP contribution in [-0.2, 0) is 11.3 Å². The SMILES string of the molecule is Cc1oc(NC(=O)CN2CCC[C@H]2Cn2cncn2)c(C#N)c1C. The molecular weight excluding hydrogens is 308 g/mol. The van der Waals surface area contributed by atoms with E-state index in [2.05, 4.69) is 26.4 Å². The molecule has 1 saturated heterocycles. The van der Waals surface area contributed by atoms with Gasteiger partial charge < -0.3 is 4.42 Å². The van der Waals surface area contributed by atoms with Crippen molar-refractivity contribution in [2.24, 2.45) is 0 Å². The monoisotopic (exact) mass is 328 g/mol. The van der Waals surface area contributed by atoms with Gasteiger partial charge in [0.2, 0.25) is 11.8 Å². The van der Waals surface area contributed by atoms with Crippen LogP contribution in [-0.4, -0.2) is 44.7 Å². The number of hydrogen-bond acceptors (Lipinski definition) is 6. The lowest BCUT2D eigenvalue weighted by atomic mass is 10.2. The van der Waals surface area contributed by atoms with E-state index >= 15 is 0 Å². The van der Waals surface area contributed by atoms with Gasteiger partial charge in [0.05, 0.1) is 13.1 Å². The zero-order valence-corrected chi connectivity index (χ0v) is 13.8. The fourth-order valence-corrected chi connectivity index (χ4v) is 3.05. The number of likely N-dealkylation sites (tertiary alicyclic amines) is 1. The summed E-state index contributed by atoms with van der Waals surface area (Å²) in [6.07, 6.45) is 5.27. The van der Waals surface area contributed by atoms with Crippen molar-refractivity contribution in [2.45, 2.75) is 39.3 Å². The molecule has 3 rings (SSSR count). The van der Waals surface area contributed by atoms with Gasteiger partial charge in [-0.2, -0.15) is 10.4 Å². The van der Waals surface area contributed by atoms with Crippen LogP contribution in [0.15, 0.2) is 17.1 Å². The van der Waals surface area contributed by atoms with E-state index in [1.165, 1.54) is 6.33 Å². The van der Waals surface area contributed by atoms with Gasteiger partial charge in [-0.1, -0.05) is 0 Å². The number of nitrogens with one attached hydrogen (secondary N) is 1. The maximum absolute atomic E-state index is 12.3. The lowest BCUT2D eigenvalue weighted by Crippen LogP contribution is -2.39. The Bertz CT molecular complexity index is 758. The molecule has 126 valence electrons. The summed E-state index contributed by atoms with van der Waals surface area (Å²) in [5.41, 5.74) is 1.15. The zero-order valence-electron chi connectivity index (χ0n) is 13.8. The van der Waals surface area contributed by atoms with Gasteiger partial charge in [-0.25, -0.2) is 4.98 Å². The van der Waals surface area contributed by atoms with Crippen LogP contribution in [0.2, 0.25) is 0 Å². The van der Waals surface area contributed by atoms with Crippen LogP contribution in [0, 0.1) is 25.2 Å². The highest BCUT2D eigenvalue weighted by molar-refractivity contribution is 5.92. The predicted molar refractivity (Wildman–Crippen MR) is 86.1 cm³/mol. The first-order valence-corrected chi connectivity index (χ1v) is 7.95. The molecule has 3 heterocycles. The first-order chi connectivity index (χ1) is 11.6. The van der Waals surface area contributed by atoms with Crippen molar-refractivity contribution in [3.63, 3.8) is 0 Å². The number of amides is 1. The zero-order chi connectivity index (χ0) is 17.1. The van der Waals surface area contributed by atoms with Gasteiger partial charge in [0.1, 0.15) is 30.0 Å². The Hall–Kier alpha value is -2.66. The summed E-state index contributed by atoms with van der Waals surface area (Å²) in [4.78, 5) is 18.4. The third-order valence-corrected chi connectivity index (χ3v) is 4.46. The summed E-state index contributed by atoms with van der Waals surface area (Å²) in [5, 5.41) is 16.1. The second kappa shape index (κ2) is 6.84. The maximum Gasteiger partial charge on any atom is 0.240 e. The molecule has 2 aromatic heterocycles. The topological polar surface area (TPSA) is 100.0 Å². The molecule has 0 aromatic carbocycles. The molecule has 1 aliphatic heterocycles. The molecule has 0 radical (unpaired) electrons. The number of rotatable bonds is 5. The Morgan fingerprint density at radius 2 is 2.38 bits per heavy atom. The molecule has 1 atom stereocenters. The molecule has 0 bridgehead atoms. The quantitative estimate of drug-likeness (QED) is 0.892. The van der Waals surface area contributed by atoms with Gasteiger partial charge in [-0.05, 0) is 33.2 Å². The summed E-state index contributed by atoms with van der Waals surface area (Å²) < 4.78 is 7.27. The van der Waals surface area contributed by atoms with Crippen molar-refractivity contribution in [2.75, 3.05) is 18.4 Å².